The Morgan fingerprint density at radius 2 is 1.95 bits per heavy atom. The topological polar surface area (TPSA) is 12.0 Å². The minimum atomic E-state index is 0.728. The van der Waals surface area contributed by atoms with Crippen LogP contribution in [0.25, 0.3) is 0 Å². The highest BCUT2D eigenvalue weighted by Crippen LogP contribution is 2.36. The van der Waals surface area contributed by atoms with Crippen LogP contribution in [-0.4, -0.2) is 12.6 Å². The first-order valence-corrected chi connectivity index (χ1v) is 8.01. The molecule has 3 rings (SSSR count). The van der Waals surface area contributed by atoms with Gasteiger partial charge in [-0.05, 0) is 49.1 Å². The third kappa shape index (κ3) is 3.26. The average Bonchev–Trinajstić information content (AvgIpc) is 2.87. The lowest BCUT2D eigenvalue weighted by Crippen LogP contribution is -2.40. The molecule has 1 aliphatic rings. The quantitative estimate of drug-likeness (QED) is 0.862. The third-order valence-electron chi connectivity index (χ3n) is 4.07. The van der Waals surface area contributed by atoms with Crippen molar-refractivity contribution in [1.29, 1.82) is 0 Å². The minimum Gasteiger partial charge on any atom is -0.314 e. The van der Waals surface area contributed by atoms with E-state index >= 15 is 0 Å². The number of benzene rings is 1. The Morgan fingerprint density at radius 3 is 2.63 bits per heavy atom. The number of hydrogen-bond donors (Lipinski definition) is 1. The summed E-state index contributed by atoms with van der Waals surface area (Å²) in [5.41, 5.74) is 2.87. The largest absolute Gasteiger partial charge is 0.314 e. The van der Waals surface area contributed by atoms with Gasteiger partial charge in [0.05, 0.1) is 0 Å². The molecular weight excluding hydrogens is 250 g/mol. The van der Waals surface area contributed by atoms with Gasteiger partial charge in [-0.2, -0.15) is 0 Å². The van der Waals surface area contributed by atoms with Gasteiger partial charge < -0.3 is 5.32 Å². The molecule has 2 heteroatoms. The van der Waals surface area contributed by atoms with Crippen LogP contribution in [0.4, 0.5) is 0 Å². The second-order valence-electron chi connectivity index (χ2n) is 5.56. The van der Waals surface area contributed by atoms with Gasteiger partial charge in [-0.25, -0.2) is 0 Å². The van der Waals surface area contributed by atoms with Crippen molar-refractivity contribution in [3.8, 4) is 0 Å². The van der Waals surface area contributed by atoms with Crippen molar-refractivity contribution in [3.05, 3.63) is 57.8 Å². The lowest BCUT2D eigenvalue weighted by Gasteiger charge is -2.36. The molecule has 0 unspecified atom stereocenters. The van der Waals surface area contributed by atoms with Crippen molar-refractivity contribution in [2.75, 3.05) is 6.54 Å². The summed E-state index contributed by atoms with van der Waals surface area (Å²) in [6.07, 6.45) is 3.77. The molecule has 0 spiro atoms. The van der Waals surface area contributed by atoms with Gasteiger partial charge in [0.25, 0.3) is 0 Å². The predicted octanol–water partition coefficient (Wildman–Crippen LogP) is 4.13. The maximum Gasteiger partial charge on any atom is 0.00788 e. The molecule has 0 amide bonds. The zero-order chi connectivity index (χ0) is 13.1. The second kappa shape index (κ2) is 5.89. The van der Waals surface area contributed by atoms with Crippen LogP contribution in [0.1, 0.15) is 34.8 Å². The Bertz CT molecular complexity index is 495. The van der Waals surface area contributed by atoms with Gasteiger partial charge in [-0.1, -0.05) is 35.9 Å². The third-order valence-corrected chi connectivity index (χ3v) is 5.01. The van der Waals surface area contributed by atoms with Crippen LogP contribution in [0, 0.1) is 6.92 Å². The SMILES string of the molecule is Cc1ccc(C2CC(NCCc3cccs3)C2)cc1. The first-order chi connectivity index (χ1) is 9.31. The highest BCUT2D eigenvalue weighted by atomic mass is 32.1. The smallest absolute Gasteiger partial charge is 0.00788 e. The van der Waals surface area contributed by atoms with Crippen molar-refractivity contribution in [3.63, 3.8) is 0 Å². The summed E-state index contributed by atoms with van der Waals surface area (Å²) >= 11 is 1.86. The Balaban J connectivity index is 1.39. The summed E-state index contributed by atoms with van der Waals surface area (Å²) in [5, 5.41) is 5.83. The fourth-order valence-corrected chi connectivity index (χ4v) is 3.46. The molecule has 0 atom stereocenters. The average molecular weight is 271 g/mol. The van der Waals surface area contributed by atoms with Gasteiger partial charge in [-0.3, -0.25) is 0 Å². The van der Waals surface area contributed by atoms with E-state index in [4.69, 9.17) is 0 Å². The monoisotopic (exact) mass is 271 g/mol. The van der Waals surface area contributed by atoms with Gasteiger partial charge in [-0.15, -0.1) is 11.3 Å². The van der Waals surface area contributed by atoms with Crippen LogP contribution in [0.5, 0.6) is 0 Å². The Hall–Kier alpha value is -1.12. The molecule has 0 radical (unpaired) electrons. The van der Waals surface area contributed by atoms with Crippen molar-refractivity contribution in [1.82, 2.24) is 5.32 Å². The standard InChI is InChI=1S/C17H21NS/c1-13-4-6-14(7-5-13)15-11-16(12-15)18-9-8-17-3-2-10-19-17/h2-7,10,15-16,18H,8-9,11-12H2,1H3. The Morgan fingerprint density at radius 1 is 1.16 bits per heavy atom. The summed E-state index contributed by atoms with van der Waals surface area (Å²) in [7, 11) is 0. The number of thiophene rings is 1. The molecule has 0 aliphatic heterocycles. The zero-order valence-electron chi connectivity index (χ0n) is 11.4. The number of aryl methyl sites for hydroxylation is 1. The summed E-state index contributed by atoms with van der Waals surface area (Å²) in [4.78, 5) is 1.49. The highest BCUT2D eigenvalue weighted by molar-refractivity contribution is 7.09. The van der Waals surface area contributed by atoms with E-state index in [-0.39, 0.29) is 0 Å². The molecular formula is C17H21NS. The molecule has 1 saturated carbocycles. The molecule has 1 heterocycles. The molecule has 1 nitrogen and oxygen atoms in total. The lowest BCUT2D eigenvalue weighted by molar-refractivity contribution is 0.293. The van der Waals surface area contributed by atoms with Gasteiger partial charge >= 0.3 is 0 Å². The van der Waals surface area contributed by atoms with Gasteiger partial charge in [0.15, 0.2) is 0 Å². The zero-order valence-corrected chi connectivity index (χ0v) is 12.2. The first-order valence-electron chi connectivity index (χ1n) is 7.13. The summed E-state index contributed by atoms with van der Waals surface area (Å²) in [5.74, 6) is 0.778. The van der Waals surface area contributed by atoms with E-state index in [0.717, 1.165) is 18.5 Å². The van der Waals surface area contributed by atoms with E-state index < -0.39 is 0 Å². The van der Waals surface area contributed by atoms with Gasteiger partial charge in [0.2, 0.25) is 0 Å². The highest BCUT2D eigenvalue weighted by Gasteiger charge is 2.29. The van der Waals surface area contributed by atoms with Crippen molar-refractivity contribution in [2.24, 2.45) is 0 Å². The van der Waals surface area contributed by atoms with Gasteiger partial charge in [0.1, 0.15) is 0 Å². The number of nitrogens with one attached hydrogen (secondary N) is 1. The summed E-state index contributed by atoms with van der Waals surface area (Å²) in [6.45, 7) is 3.27. The minimum absolute atomic E-state index is 0.728. The van der Waals surface area contributed by atoms with Crippen LogP contribution >= 0.6 is 11.3 Å². The molecule has 1 aromatic heterocycles. The van der Waals surface area contributed by atoms with E-state index in [1.165, 1.54) is 35.3 Å². The van der Waals surface area contributed by atoms with E-state index in [2.05, 4.69) is 54.0 Å². The molecule has 1 fully saturated rings. The van der Waals surface area contributed by atoms with Gasteiger partial charge in [0, 0.05) is 17.5 Å². The van der Waals surface area contributed by atoms with Crippen molar-refractivity contribution < 1.29 is 0 Å². The van der Waals surface area contributed by atoms with Crippen LogP contribution in [0.3, 0.4) is 0 Å². The predicted molar refractivity (Wildman–Crippen MR) is 83.0 cm³/mol. The van der Waals surface area contributed by atoms with Crippen LogP contribution in [-0.2, 0) is 6.42 Å². The van der Waals surface area contributed by atoms with Crippen molar-refractivity contribution in [2.45, 2.75) is 38.1 Å². The molecule has 1 N–H and O–H groups in total. The lowest BCUT2D eigenvalue weighted by atomic mass is 9.76. The molecule has 1 aromatic carbocycles. The normalized spacial score (nSPS) is 22.2. The van der Waals surface area contributed by atoms with Crippen molar-refractivity contribution >= 4 is 11.3 Å². The van der Waals surface area contributed by atoms with E-state index in [9.17, 15) is 0 Å². The fourth-order valence-electron chi connectivity index (χ4n) is 2.75. The first kappa shape index (κ1) is 12.9. The van der Waals surface area contributed by atoms with E-state index in [0.29, 0.717) is 0 Å². The summed E-state index contributed by atoms with van der Waals surface area (Å²) < 4.78 is 0. The maximum atomic E-state index is 3.68. The van der Waals surface area contributed by atoms with Crippen LogP contribution in [0.15, 0.2) is 41.8 Å². The molecule has 1 aliphatic carbocycles. The molecule has 0 saturated heterocycles. The van der Waals surface area contributed by atoms with E-state index in [1.807, 2.05) is 11.3 Å². The Kier molecular flexibility index (Phi) is 4.00. The molecule has 19 heavy (non-hydrogen) atoms. The fraction of sp³-hybridized carbons (Fsp3) is 0.412. The summed E-state index contributed by atoms with van der Waals surface area (Å²) in [6, 6.07) is 14.1. The molecule has 2 aromatic rings. The van der Waals surface area contributed by atoms with Crippen LogP contribution in [0.2, 0.25) is 0 Å². The molecule has 100 valence electrons. The maximum absolute atomic E-state index is 3.68. The van der Waals surface area contributed by atoms with Crippen LogP contribution < -0.4 is 5.32 Å². The second-order valence-corrected chi connectivity index (χ2v) is 6.59. The van der Waals surface area contributed by atoms with E-state index in [1.54, 1.807) is 0 Å². The number of hydrogen-bond acceptors (Lipinski definition) is 2. The Labute approximate surface area is 119 Å². The molecule has 0 bridgehead atoms. The number of rotatable bonds is 5.